The summed E-state index contributed by atoms with van der Waals surface area (Å²) in [5.74, 6) is 0.124. The SMILES string of the molecule is CCc1sc(-c2c(C)nn(-c3ccccc3C)c2Nc2ccc(Cl)cc2C(=O)O)nc1OC. The standard InChI is InChI=1S/C24H23ClN4O3S/c1-5-19-22(32-4)27-23(33-19)20-14(3)28-29(18-9-7-6-8-13(18)2)21(20)26-17-11-10-15(25)12-16(17)24(30)31/h6-12,26H,5H2,1-4H3,(H,30,31). The lowest BCUT2D eigenvalue weighted by atomic mass is 10.1. The number of halogens is 1. The molecule has 9 heteroatoms. The lowest BCUT2D eigenvalue weighted by Crippen LogP contribution is -2.08. The molecule has 0 radical (unpaired) electrons. The van der Waals surface area contributed by atoms with E-state index in [0.717, 1.165) is 38.8 Å². The number of ether oxygens (including phenoxy) is 1. The van der Waals surface area contributed by atoms with Crippen LogP contribution in [0.1, 0.15) is 33.4 Å². The number of hydrogen-bond donors (Lipinski definition) is 2. The van der Waals surface area contributed by atoms with Gasteiger partial charge in [-0.15, -0.1) is 11.3 Å². The van der Waals surface area contributed by atoms with Gasteiger partial charge in [0.05, 0.1) is 40.2 Å². The number of nitrogens with one attached hydrogen (secondary N) is 1. The number of carboxylic acid groups (broad SMARTS) is 1. The summed E-state index contributed by atoms with van der Waals surface area (Å²) in [6.07, 6.45) is 0.787. The molecule has 7 nitrogen and oxygen atoms in total. The first kappa shape index (κ1) is 22.8. The summed E-state index contributed by atoms with van der Waals surface area (Å²) in [6.45, 7) is 5.96. The number of aromatic nitrogens is 3. The Morgan fingerprint density at radius 3 is 2.64 bits per heavy atom. The minimum absolute atomic E-state index is 0.0644. The van der Waals surface area contributed by atoms with Crippen LogP contribution in [0.15, 0.2) is 42.5 Å². The van der Waals surface area contributed by atoms with Crippen LogP contribution in [0.5, 0.6) is 5.88 Å². The molecule has 0 saturated heterocycles. The Balaban J connectivity index is 1.97. The number of carboxylic acids is 1. The second-order valence-corrected chi connectivity index (χ2v) is 8.95. The lowest BCUT2D eigenvalue weighted by molar-refractivity contribution is 0.0698. The normalized spacial score (nSPS) is 10.9. The zero-order valence-corrected chi connectivity index (χ0v) is 20.2. The second kappa shape index (κ2) is 9.25. The highest BCUT2D eigenvalue weighted by atomic mass is 35.5. The first-order valence-corrected chi connectivity index (χ1v) is 11.5. The molecular formula is C24H23ClN4O3S. The van der Waals surface area contributed by atoms with Crippen molar-refractivity contribution in [2.45, 2.75) is 27.2 Å². The summed E-state index contributed by atoms with van der Waals surface area (Å²) in [4.78, 5) is 17.6. The van der Waals surface area contributed by atoms with Crippen molar-refractivity contribution < 1.29 is 14.6 Å². The number of nitrogens with zero attached hydrogens (tertiary/aromatic N) is 3. The van der Waals surface area contributed by atoms with Gasteiger partial charge >= 0.3 is 5.97 Å². The fourth-order valence-electron chi connectivity index (χ4n) is 3.63. The van der Waals surface area contributed by atoms with Gasteiger partial charge in [-0.3, -0.25) is 0 Å². The van der Waals surface area contributed by atoms with Crippen LogP contribution in [0.3, 0.4) is 0 Å². The van der Waals surface area contributed by atoms with Gasteiger partial charge in [0, 0.05) is 5.02 Å². The largest absolute Gasteiger partial charge is 0.480 e. The third-order valence-electron chi connectivity index (χ3n) is 5.26. The number of hydrogen-bond acceptors (Lipinski definition) is 6. The first-order chi connectivity index (χ1) is 15.8. The molecule has 2 heterocycles. The number of anilines is 2. The average Bonchev–Trinajstić information content (AvgIpc) is 3.35. The number of para-hydroxylation sites is 1. The van der Waals surface area contributed by atoms with Crippen molar-refractivity contribution in [3.05, 3.63) is 69.2 Å². The summed E-state index contributed by atoms with van der Waals surface area (Å²) in [5.41, 5.74) is 3.91. The molecule has 2 N–H and O–H groups in total. The summed E-state index contributed by atoms with van der Waals surface area (Å²) < 4.78 is 7.26. The number of rotatable bonds is 7. The second-order valence-electron chi connectivity index (χ2n) is 7.43. The fraction of sp³-hybridized carbons (Fsp3) is 0.208. The fourth-order valence-corrected chi connectivity index (χ4v) is 4.87. The number of methoxy groups -OCH3 is 1. The Labute approximate surface area is 200 Å². The summed E-state index contributed by atoms with van der Waals surface area (Å²) in [5, 5.41) is 19.0. The van der Waals surface area contributed by atoms with Gasteiger partial charge < -0.3 is 15.2 Å². The van der Waals surface area contributed by atoms with Crippen LogP contribution in [0.25, 0.3) is 16.3 Å². The Hall–Kier alpha value is -3.36. The molecule has 0 bridgehead atoms. The third kappa shape index (κ3) is 4.31. The molecule has 0 unspecified atom stereocenters. The molecule has 0 spiro atoms. The highest BCUT2D eigenvalue weighted by Gasteiger charge is 2.25. The van der Waals surface area contributed by atoms with E-state index in [0.29, 0.717) is 22.4 Å². The molecule has 0 aliphatic carbocycles. The number of carbonyl (C=O) groups is 1. The number of aromatic carboxylic acids is 1. The maximum Gasteiger partial charge on any atom is 0.337 e. The van der Waals surface area contributed by atoms with Crippen LogP contribution >= 0.6 is 22.9 Å². The summed E-state index contributed by atoms with van der Waals surface area (Å²) in [6, 6.07) is 12.6. The predicted molar refractivity (Wildman–Crippen MR) is 132 cm³/mol. The maximum atomic E-state index is 11.9. The van der Waals surface area contributed by atoms with E-state index in [1.807, 2.05) is 38.1 Å². The zero-order valence-electron chi connectivity index (χ0n) is 18.6. The summed E-state index contributed by atoms with van der Waals surface area (Å²) in [7, 11) is 1.60. The molecule has 4 aromatic rings. The van der Waals surface area contributed by atoms with E-state index >= 15 is 0 Å². The molecule has 0 fully saturated rings. The molecule has 4 rings (SSSR count). The first-order valence-electron chi connectivity index (χ1n) is 10.3. The molecule has 33 heavy (non-hydrogen) atoms. The van der Waals surface area contributed by atoms with Gasteiger partial charge in [0.2, 0.25) is 5.88 Å². The smallest absolute Gasteiger partial charge is 0.337 e. The highest BCUT2D eigenvalue weighted by molar-refractivity contribution is 7.15. The van der Waals surface area contributed by atoms with Gasteiger partial charge in [-0.25, -0.2) is 14.5 Å². The molecule has 170 valence electrons. The minimum Gasteiger partial charge on any atom is -0.480 e. The van der Waals surface area contributed by atoms with E-state index in [9.17, 15) is 9.90 Å². The van der Waals surface area contributed by atoms with Crippen molar-refractivity contribution in [3.63, 3.8) is 0 Å². The van der Waals surface area contributed by atoms with Crippen LogP contribution in [0, 0.1) is 13.8 Å². The van der Waals surface area contributed by atoms with Gasteiger partial charge in [0.25, 0.3) is 0 Å². The van der Waals surface area contributed by atoms with Gasteiger partial charge in [-0.1, -0.05) is 36.7 Å². The van der Waals surface area contributed by atoms with Crippen molar-refractivity contribution in [2.24, 2.45) is 0 Å². The molecule has 0 amide bonds. The lowest BCUT2D eigenvalue weighted by Gasteiger charge is -2.15. The van der Waals surface area contributed by atoms with Crippen molar-refractivity contribution in [3.8, 4) is 22.1 Å². The quantitative estimate of drug-likeness (QED) is 0.322. The number of benzene rings is 2. The van der Waals surface area contributed by atoms with Gasteiger partial charge in [0.1, 0.15) is 10.8 Å². The maximum absolute atomic E-state index is 11.9. The van der Waals surface area contributed by atoms with E-state index in [-0.39, 0.29) is 5.56 Å². The highest BCUT2D eigenvalue weighted by Crippen LogP contribution is 2.41. The summed E-state index contributed by atoms with van der Waals surface area (Å²) >= 11 is 7.60. The van der Waals surface area contributed by atoms with Gasteiger partial charge in [-0.05, 0) is 50.1 Å². The van der Waals surface area contributed by atoms with Crippen LogP contribution in [0.4, 0.5) is 11.5 Å². The third-order valence-corrected chi connectivity index (χ3v) is 6.69. The van der Waals surface area contributed by atoms with E-state index in [2.05, 4.69) is 12.2 Å². The molecule has 2 aromatic heterocycles. The Bertz CT molecular complexity index is 1320. The monoisotopic (exact) mass is 482 g/mol. The Kier molecular flexibility index (Phi) is 6.40. The van der Waals surface area contributed by atoms with Crippen molar-refractivity contribution in [2.75, 3.05) is 12.4 Å². The van der Waals surface area contributed by atoms with Crippen molar-refractivity contribution >= 4 is 40.4 Å². The molecular weight excluding hydrogens is 460 g/mol. The van der Waals surface area contributed by atoms with E-state index < -0.39 is 5.97 Å². The molecule has 0 saturated carbocycles. The van der Waals surface area contributed by atoms with Crippen LogP contribution in [-0.2, 0) is 6.42 Å². The van der Waals surface area contributed by atoms with Crippen LogP contribution in [0.2, 0.25) is 5.02 Å². The van der Waals surface area contributed by atoms with E-state index in [1.165, 1.54) is 17.4 Å². The molecule has 0 aliphatic heterocycles. The number of aryl methyl sites for hydroxylation is 3. The molecule has 0 atom stereocenters. The van der Waals surface area contributed by atoms with Crippen LogP contribution in [-0.4, -0.2) is 33.0 Å². The number of thiazole rings is 1. The predicted octanol–water partition coefficient (Wildman–Crippen LogP) is 6.28. The topological polar surface area (TPSA) is 89.3 Å². The minimum atomic E-state index is -1.08. The molecule has 0 aliphatic rings. The van der Waals surface area contributed by atoms with Crippen molar-refractivity contribution in [1.82, 2.24) is 14.8 Å². The van der Waals surface area contributed by atoms with Gasteiger partial charge in [-0.2, -0.15) is 5.10 Å². The van der Waals surface area contributed by atoms with Crippen LogP contribution < -0.4 is 10.1 Å². The average molecular weight is 483 g/mol. The van der Waals surface area contributed by atoms with E-state index in [1.54, 1.807) is 23.9 Å². The Morgan fingerprint density at radius 1 is 1.24 bits per heavy atom. The molecule has 2 aromatic carbocycles. The Morgan fingerprint density at radius 2 is 2.00 bits per heavy atom. The zero-order chi connectivity index (χ0) is 23.7. The van der Waals surface area contributed by atoms with Crippen molar-refractivity contribution in [1.29, 1.82) is 0 Å². The van der Waals surface area contributed by atoms with E-state index in [4.69, 9.17) is 26.4 Å². The van der Waals surface area contributed by atoms with Gasteiger partial charge in [0.15, 0.2) is 0 Å².